The predicted molar refractivity (Wildman–Crippen MR) is 70.8 cm³/mol. The number of nitrogens with zero attached hydrogens (tertiary/aromatic N) is 2. The van der Waals surface area contributed by atoms with Gasteiger partial charge in [0.2, 0.25) is 0 Å². The summed E-state index contributed by atoms with van der Waals surface area (Å²) in [6.45, 7) is 0.587. The van der Waals surface area contributed by atoms with E-state index in [0.717, 1.165) is 5.69 Å². The quantitative estimate of drug-likeness (QED) is 0.588. The van der Waals surface area contributed by atoms with Crippen molar-refractivity contribution < 1.29 is 19.5 Å². The van der Waals surface area contributed by atoms with Gasteiger partial charge >= 0.3 is 5.69 Å². The summed E-state index contributed by atoms with van der Waals surface area (Å²) in [6, 6.07) is 4.56. The van der Waals surface area contributed by atoms with Crippen molar-refractivity contribution in [2.24, 2.45) is 0 Å². The molecule has 106 valence electrons. The van der Waals surface area contributed by atoms with Crippen LogP contribution in [0.25, 0.3) is 0 Å². The Balaban J connectivity index is 2.86. The van der Waals surface area contributed by atoms with Crippen LogP contribution in [0, 0.1) is 10.1 Å². The van der Waals surface area contributed by atoms with Crippen molar-refractivity contribution >= 4 is 11.4 Å². The average Bonchev–Trinajstić information content (AvgIpc) is 2.37. The van der Waals surface area contributed by atoms with E-state index in [2.05, 4.69) is 0 Å². The number of anilines is 1. The molecule has 0 radical (unpaired) electrons. The molecule has 1 atom stereocenters. The molecule has 0 aliphatic rings. The van der Waals surface area contributed by atoms with Gasteiger partial charge in [0.15, 0.2) is 5.75 Å². The number of likely N-dealkylation sites (N-methyl/N-ethyl adjacent to an activating group) is 1. The van der Waals surface area contributed by atoms with Crippen LogP contribution in [0.1, 0.15) is 0 Å². The molecule has 0 aliphatic heterocycles. The van der Waals surface area contributed by atoms with E-state index in [1.54, 1.807) is 24.1 Å². The number of aliphatic hydroxyl groups is 1. The lowest BCUT2D eigenvalue weighted by molar-refractivity contribution is -0.385. The maximum atomic E-state index is 10.8. The first kappa shape index (κ1) is 15.2. The van der Waals surface area contributed by atoms with Crippen molar-refractivity contribution in [3.05, 3.63) is 28.3 Å². The number of hydrogen-bond donors (Lipinski definition) is 1. The van der Waals surface area contributed by atoms with Crippen LogP contribution >= 0.6 is 0 Å². The second-order valence-electron chi connectivity index (χ2n) is 4.10. The third-order valence-electron chi connectivity index (χ3n) is 2.64. The van der Waals surface area contributed by atoms with Gasteiger partial charge in [0, 0.05) is 38.5 Å². The van der Waals surface area contributed by atoms with Crippen LogP contribution in [0.4, 0.5) is 11.4 Å². The van der Waals surface area contributed by atoms with Gasteiger partial charge in [-0.1, -0.05) is 0 Å². The molecular formula is C12H18N2O5. The number of hydrogen-bond acceptors (Lipinski definition) is 6. The van der Waals surface area contributed by atoms with Crippen molar-refractivity contribution in [3.8, 4) is 5.75 Å². The minimum atomic E-state index is -0.629. The summed E-state index contributed by atoms with van der Waals surface area (Å²) in [5.41, 5.74) is 0.634. The molecule has 1 N–H and O–H groups in total. The molecule has 7 heteroatoms. The number of benzene rings is 1. The van der Waals surface area contributed by atoms with Crippen molar-refractivity contribution in [1.82, 2.24) is 0 Å². The summed E-state index contributed by atoms with van der Waals surface area (Å²) in [5.74, 6) is 0.190. The fourth-order valence-electron chi connectivity index (χ4n) is 1.72. The number of aliphatic hydroxyl groups excluding tert-OH is 1. The molecule has 0 heterocycles. The van der Waals surface area contributed by atoms with Crippen LogP contribution < -0.4 is 9.64 Å². The molecule has 1 rings (SSSR count). The molecule has 0 fully saturated rings. The number of rotatable bonds is 7. The van der Waals surface area contributed by atoms with E-state index < -0.39 is 11.0 Å². The van der Waals surface area contributed by atoms with Crippen LogP contribution in [-0.2, 0) is 4.74 Å². The SMILES string of the molecule is COCC(O)CN(C)c1ccc([N+](=O)[O-])c(OC)c1. The fourth-order valence-corrected chi connectivity index (χ4v) is 1.72. The molecule has 1 aromatic carbocycles. The summed E-state index contributed by atoms with van der Waals surface area (Å²) >= 11 is 0. The first-order valence-electron chi connectivity index (χ1n) is 5.70. The van der Waals surface area contributed by atoms with Crippen molar-refractivity contribution in [2.45, 2.75) is 6.10 Å². The average molecular weight is 270 g/mol. The number of ether oxygens (including phenoxy) is 2. The van der Waals surface area contributed by atoms with Gasteiger partial charge < -0.3 is 19.5 Å². The zero-order valence-electron chi connectivity index (χ0n) is 11.2. The van der Waals surface area contributed by atoms with E-state index in [1.165, 1.54) is 20.3 Å². The van der Waals surface area contributed by atoms with E-state index in [-0.39, 0.29) is 18.0 Å². The number of methoxy groups -OCH3 is 2. The van der Waals surface area contributed by atoms with Crippen LogP contribution in [0.2, 0.25) is 0 Å². The van der Waals surface area contributed by atoms with Crippen molar-refractivity contribution in [2.75, 3.05) is 39.3 Å². The molecule has 1 unspecified atom stereocenters. The maximum Gasteiger partial charge on any atom is 0.311 e. The van der Waals surface area contributed by atoms with E-state index in [0.29, 0.717) is 6.54 Å². The third-order valence-corrected chi connectivity index (χ3v) is 2.64. The Bertz CT molecular complexity index is 438. The Morgan fingerprint density at radius 3 is 2.68 bits per heavy atom. The molecule has 0 saturated heterocycles. The summed E-state index contributed by atoms with van der Waals surface area (Å²) in [5, 5.41) is 20.4. The maximum absolute atomic E-state index is 10.8. The standard InChI is InChI=1S/C12H18N2O5/c1-13(7-10(15)8-18-2)9-4-5-11(14(16)17)12(6-9)19-3/h4-6,10,15H,7-8H2,1-3H3. The highest BCUT2D eigenvalue weighted by atomic mass is 16.6. The van der Waals surface area contributed by atoms with Crippen LogP contribution in [0.3, 0.4) is 0 Å². The van der Waals surface area contributed by atoms with Crippen LogP contribution in [-0.4, -0.2) is 50.6 Å². The first-order valence-corrected chi connectivity index (χ1v) is 5.70. The highest BCUT2D eigenvalue weighted by molar-refractivity contribution is 5.59. The van der Waals surface area contributed by atoms with E-state index in [9.17, 15) is 15.2 Å². The van der Waals surface area contributed by atoms with Gasteiger partial charge in [0.25, 0.3) is 0 Å². The Kier molecular flexibility index (Phi) is 5.53. The smallest absolute Gasteiger partial charge is 0.311 e. The summed E-state index contributed by atoms with van der Waals surface area (Å²) in [7, 11) is 4.67. The minimum absolute atomic E-state index is 0.0860. The largest absolute Gasteiger partial charge is 0.490 e. The Morgan fingerprint density at radius 2 is 2.16 bits per heavy atom. The Hall–Kier alpha value is -1.86. The second kappa shape index (κ2) is 6.91. The molecule has 19 heavy (non-hydrogen) atoms. The lowest BCUT2D eigenvalue weighted by Gasteiger charge is -2.22. The van der Waals surface area contributed by atoms with Gasteiger partial charge in [-0.2, -0.15) is 0 Å². The molecule has 7 nitrogen and oxygen atoms in total. The second-order valence-corrected chi connectivity index (χ2v) is 4.10. The lowest BCUT2D eigenvalue weighted by atomic mass is 10.2. The molecule has 1 aromatic rings. The van der Waals surface area contributed by atoms with Gasteiger partial charge in [0.05, 0.1) is 24.7 Å². The molecule has 0 aromatic heterocycles. The molecular weight excluding hydrogens is 252 g/mol. The Morgan fingerprint density at radius 1 is 1.47 bits per heavy atom. The zero-order valence-corrected chi connectivity index (χ0v) is 11.2. The van der Waals surface area contributed by atoms with Gasteiger partial charge in [0.1, 0.15) is 0 Å². The highest BCUT2D eigenvalue weighted by Crippen LogP contribution is 2.30. The normalized spacial score (nSPS) is 12.0. The van der Waals surface area contributed by atoms with Gasteiger partial charge in [-0.05, 0) is 6.07 Å². The molecule has 0 aliphatic carbocycles. The van der Waals surface area contributed by atoms with E-state index in [1.807, 2.05) is 0 Å². The van der Waals surface area contributed by atoms with Gasteiger partial charge in [-0.3, -0.25) is 10.1 Å². The monoisotopic (exact) mass is 270 g/mol. The van der Waals surface area contributed by atoms with Crippen LogP contribution in [0.5, 0.6) is 5.75 Å². The first-order chi connectivity index (χ1) is 8.99. The Labute approximate surface area is 111 Å². The zero-order chi connectivity index (χ0) is 14.4. The fraction of sp³-hybridized carbons (Fsp3) is 0.500. The number of nitro groups is 1. The lowest BCUT2D eigenvalue weighted by Crippen LogP contribution is -2.31. The third kappa shape index (κ3) is 4.08. The minimum Gasteiger partial charge on any atom is -0.490 e. The van der Waals surface area contributed by atoms with Crippen molar-refractivity contribution in [3.63, 3.8) is 0 Å². The van der Waals surface area contributed by atoms with Gasteiger partial charge in [-0.25, -0.2) is 0 Å². The van der Waals surface area contributed by atoms with Crippen LogP contribution in [0.15, 0.2) is 18.2 Å². The van der Waals surface area contributed by atoms with E-state index >= 15 is 0 Å². The summed E-state index contributed by atoms with van der Waals surface area (Å²) in [6.07, 6.45) is -0.629. The van der Waals surface area contributed by atoms with Crippen molar-refractivity contribution in [1.29, 1.82) is 0 Å². The predicted octanol–water partition coefficient (Wildman–Crippen LogP) is 1.05. The summed E-state index contributed by atoms with van der Waals surface area (Å²) in [4.78, 5) is 12.1. The summed E-state index contributed by atoms with van der Waals surface area (Å²) < 4.78 is 9.84. The topological polar surface area (TPSA) is 85.1 Å². The van der Waals surface area contributed by atoms with Gasteiger partial charge in [-0.15, -0.1) is 0 Å². The highest BCUT2D eigenvalue weighted by Gasteiger charge is 2.17. The number of nitro benzene ring substituents is 1. The molecule has 0 amide bonds. The molecule has 0 spiro atoms. The molecule has 0 saturated carbocycles. The molecule has 0 bridgehead atoms. The van der Waals surface area contributed by atoms with E-state index in [4.69, 9.17) is 9.47 Å².